The second-order valence-electron chi connectivity index (χ2n) is 11.7. The van der Waals surface area contributed by atoms with Crippen LogP contribution in [0.1, 0.15) is 107 Å². The zero-order valence-electron chi connectivity index (χ0n) is 21.4. The molecule has 3 heteroatoms. The van der Waals surface area contributed by atoms with Crippen LogP contribution >= 0.6 is 0 Å². The molecule has 2 unspecified atom stereocenters. The summed E-state index contributed by atoms with van der Waals surface area (Å²) in [5, 5.41) is 3.54. The Balaban J connectivity index is 3.25. The Hall–Kier alpha value is -0.120. The second kappa shape index (κ2) is 16.6. The van der Waals surface area contributed by atoms with Crippen molar-refractivity contribution in [2.24, 2.45) is 22.7 Å². The number of unbranched alkanes of at least 4 members (excludes halogenated alkanes) is 2. The first kappa shape index (κ1) is 28.9. The first-order chi connectivity index (χ1) is 13.5. The van der Waals surface area contributed by atoms with Gasteiger partial charge in [0.2, 0.25) is 0 Å². The summed E-state index contributed by atoms with van der Waals surface area (Å²) >= 11 is 0. The molecule has 0 radical (unpaired) electrons. The van der Waals surface area contributed by atoms with Crippen LogP contribution in [0.2, 0.25) is 0 Å². The molecule has 0 aliphatic rings. The van der Waals surface area contributed by atoms with Gasteiger partial charge in [0, 0.05) is 26.4 Å². The van der Waals surface area contributed by atoms with Crippen molar-refractivity contribution in [3.8, 4) is 0 Å². The van der Waals surface area contributed by atoms with Gasteiger partial charge in [0.1, 0.15) is 0 Å². The molecule has 0 aliphatic heterocycles. The SMILES string of the molecule is CC(CCOCCCCNCCCCOCCC(C)CC(C)(C)C)CC(C)(C)C. The highest BCUT2D eigenvalue weighted by Gasteiger charge is 2.15. The average Bonchev–Trinajstić information content (AvgIpc) is 2.55. The molecule has 29 heavy (non-hydrogen) atoms. The van der Waals surface area contributed by atoms with E-state index in [2.05, 4.69) is 60.7 Å². The third kappa shape index (κ3) is 24.0. The van der Waals surface area contributed by atoms with Crippen molar-refractivity contribution in [1.82, 2.24) is 5.32 Å². The lowest BCUT2D eigenvalue weighted by molar-refractivity contribution is 0.111. The zero-order valence-corrected chi connectivity index (χ0v) is 21.4. The molecule has 0 saturated heterocycles. The van der Waals surface area contributed by atoms with Gasteiger partial charge in [-0.25, -0.2) is 0 Å². The fourth-order valence-electron chi connectivity index (χ4n) is 4.10. The van der Waals surface area contributed by atoms with Crippen molar-refractivity contribution in [2.75, 3.05) is 39.5 Å². The summed E-state index contributed by atoms with van der Waals surface area (Å²) in [5.74, 6) is 1.51. The topological polar surface area (TPSA) is 30.5 Å². The Morgan fingerprint density at radius 3 is 1.31 bits per heavy atom. The van der Waals surface area contributed by atoms with Gasteiger partial charge in [0.25, 0.3) is 0 Å². The summed E-state index contributed by atoms with van der Waals surface area (Å²) in [6, 6.07) is 0. The van der Waals surface area contributed by atoms with Gasteiger partial charge in [-0.2, -0.15) is 0 Å². The molecule has 0 heterocycles. The van der Waals surface area contributed by atoms with E-state index in [1.807, 2.05) is 0 Å². The molecule has 0 aromatic heterocycles. The molecule has 0 spiro atoms. The van der Waals surface area contributed by atoms with Gasteiger partial charge in [-0.3, -0.25) is 0 Å². The van der Waals surface area contributed by atoms with Crippen molar-refractivity contribution < 1.29 is 9.47 Å². The molecule has 2 atom stereocenters. The lowest BCUT2D eigenvalue weighted by atomic mass is 9.84. The molecule has 0 aliphatic carbocycles. The monoisotopic (exact) mass is 413 g/mol. The Morgan fingerprint density at radius 2 is 0.966 bits per heavy atom. The summed E-state index contributed by atoms with van der Waals surface area (Å²) in [7, 11) is 0. The molecule has 0 rings (SSSR count). The minimum absolute atomic E-state index is 0.432. The van der Waals surface area contributed by atoms with Crippen LogP contribution < -0.4 is 5.32 Å². The Labute approximate surface area is 184 Å². The van der Waals surface area contributed by atoms with Crippen LogP contribution in [0, 0.1) is 22.7 Å². The summed E-state index contributed by atoms with van der Waals surface area (Å²) in [5.41, 5.74) is 0.865. The summed E-state index contributed by atoms with van der Waals surface area (Å²) in [4.78, 5) is 0. The van der Waals surface area contributed by atoms with E-state index >= 15 is 0 Å². The fourth-order valence-corrected chi connectivity index (χ4v) is 4.10. The zero-order chi connectivity index (χ0) is 22.2. The lowest BCUT2D eigenvalue weighted by Crippen LogP contribution is -2.18. The summed E-state index contributed by atoms with van der Waals surface area (Å²) in [6.45, 7) is 24.5. The Kier molecular flexibility index (Phi) is 16.5. The average molecular weight is 414 g/mol. The fraction of sp³-hybridized carbons (Fsp3) is 1.00. The molecule has 1 N–H and O–H groups in total. The maximum absolute atomic E-state index is 5.80. The van der Waals surface area contributed by atoms with Gasteiger partial charge >= 0.3 is 0 Å². The van der Waals surface area contributed by atoms with E-state index in [1.165, 1.54) is 38.5 Å². The highest BCUT2D eigenvalue weighted by Crippen LogP contribution is 2.26. The van der Waals surface area contributed by atoms with Crippen LogP contribution in [0.15, 0.2) is 0 Å². The van der Waals surface area contributed by atoms with Crippen molar-refractivity contribution >= 4 is 0 Å². The van der Waals surface area contributed by atoms with Crippen LogP contribution in [0.25, 0.3) is 0 Å². The first-order valence-corrected chi connectivity index (χ1v) is 12.4. The van der Waals surface area contributed by atoms with Crippen molar-refractivity contribution in [2.45, 2.75) is 107 Å². The quantitative estimate of drug-likeness (QED) is 0.243. The van der Waals surface area contributed by atoms with Gasteiger partial charge in [-0.15, -0.1) is 0 Å². The van der Waals surface area contributed by atoms with Crippen molar-refractivity contribution in [3.05, 3.63) is 0 Å². The van der Waals surface area contributed by atoms with Gasteiger partial charge in [0.15, 0.2) is 0 Å². The minimum atomic E-state index is 0.432. The highest BCUT2D eigenvalue weighted by molar-refractivity contribution is 4.67. The molecular formula is C26H55NO2. The standard InChI is InChI=1S/C26H55NO2/c1-23(21-25(3,4)5)13-19-28-17-11-9-15-27-16-10-12-18-29-20-14-24(2)22-26(6,7)8/h23-24,27H,9-22H2,1-8H3. The van der Waals surface area contributed by atoms with Crippen LogP contribution in [0.3, 0.4) is 0 Å². The van der Waals surface area contributed by atoms with Crippen molar-refractivity contribution in [1.29, 1.82) is 0 Å². The minimum Gasteiger partial charge on any atom is -0.381 e. The molecule has 3 nitrogen and oxygen atoms in total. The van der Waals surface area contributed by atoms with Crippen LogP contribution in [0.4, 0.5) is 0 Å². The van der Waals surface area contributed by atoms with E-state index in [-0.39, 0.29) is 0 Å². The molecule has 0 saturated carbocycles. The number of rotatable bonds is 18. The number of hydrogen-bond donors (Lipinski definition) is 1. The summed E-state index contributed by atoms with van der Waals surface area (Å²) < 4.78 is 11.6. The lowest BCUT2D eigenvalue weighted by Gasteiger charge is -2.23. The van der Waals surface area contributed by atoms with E-state index in [0.29, 0.717) is 10.8 Å². The Morgan fingerprint density at radius 1 is 0.586 bits per heavy atom. The number of hydrogen-bond acceptors (Lipinski definition) is 3. The van der Waals surface area contributed by atoms with E-state index in [4.69, 9.17) is 9.47 Å². The molecule has 0 aromatic rings. The van der Waals surface area contributed by atoms with Gasteiger partial charge in [-0.05, 0) is 87.1 Å². The second-order valence-corrected chi connectivity index (χ2v) is 11.7. The number of ether oxygens (including phenoxy) is 2. The van der Waals surface area contributed by atoms with Crippen molar-refractivity contribution in [3.63, 3.8) is 0 Å². The van der Waals surface area contributed by atoms with E-state index in [9.17, 15) is 0 Å². The van der Waals surface area contributed by atoms with Gasteiger partial charge in [0.05, 0.1) is 0 Å². The maximum Gasteiger partial charge on any atom is 0.0468 e. The van der Waals surface area contributed by atoms with Crippen LogP contribution in [0.5, 0.6) is 0 Å². The molecular weight excluding hydrogens is 358 g/mol. The summed E-state index contributed by atoms with van der Waals surface area (Å²) in [6.07, 6.45) is 9.68. The largest absolute Gasteiger partial charge is 0.381 e. The smallest absolute Gasteiger partial charge is 0.0468 e. The van der Waals surface area contributed by atoms with Crippen LogP contribution in [-0.4, -0.2) is 39.5 Å². The van der Waals surface area contributed by atoms with E-state index < -0.39 is 0 Å². The van der Waals surface area contributed by atoms with Crippen LogP contribution in [-0.2, 0) is 9.47 Å². The normalized spacial score (nSPS) is 14.9. The molecule has 0 aromatic carbocycles. The Bertz CT molecular complexity index is 323. The first-order valence-electron chi connectivity index (χ1n) is 12.4. The third-order valence-electron chi connectivity index (χ3n) is 5.22. The highest BCUT2D eigenvalue weighted by atomic mass is 16.5. The van der Waals surface area contributed by atoms with Gasteiger partial charge in [-0.1, -0.05) is 55.4 Å². The maximum atomic E-state index is 5.80. The third-order valence-corrected chi connectivity index (χ3v) is 5.22. The predicted octanol–water partition coefficient (Wildman–Crippen LogP) is 7.09. The molecule has 176 valence electrons. The van der Waals surface area contributed by atoms with E-state index in [0.717, 1.165) is 64.2 Å². The van der Waals surface area contributed by atoms with E-state index in [1.54, 1.807) is 0 Å². The molecule has 0 fully saturated rings. The molecule has 0 amide bonds. The predicted molar refractivity (Wildman–Crippen MR) is 129 cm³/mol. The van der Waals surface area contributed by atoms with Gasteiger partial charge < -0.3 is 14.8 Å². The molecule has 0 bridgehead atoms. The number of nitrogens with one attached hydrogen (secondary N) is 1.